The molecular weight excluding hydrogens is 1150 g/mol. The molecule has 0 aliphatic carbocycles. The molecule has 6 heterocycles. The van der Waals surface area contributed by atoms with E-state index in [1.165, 1.54) is 91.0 Å². The number of likely N-dealkylation sites (tertiary alicyclic amines) is 3. The summed E-state index contributed by atoms with van der Waals surface area (Å²) < 4.78 is 75.2. The normalized spacial score (nSPS) is 18.1. The first-order valence-corrected chi connectivity index (χ1v) is 33.7. The van der Waals surface area contributed by atoms with Crippen molar-refractivity contribution in [3.05, 3.63) is 198 Å². The van der Waals surface area contributed by atoms with E-state index in [1.807, 2.05) is 36.4 Å². The molecule has 6 aromatic carbocycles. The number of aryl methyl sites for hydroxylation is 3. The van der Waals surface area contributed by atoms with E-state index in [0.29, 0.717) is 52.1 Å². The molecule has 434 valence electrons. The quantitative estimate of drug-likeness (QED) is 0.0760. The van der Waals surface area contributed by atoms with Crippen LogP contribution in [0, 0.1) is 0 Å². The summed E-state index contributed by atoms with van der Waals surface area (Å²) >= 11 is 0. The van der Waals surface area contributed by atoms with Crippen molar-refractivity contribution in [3.8, 4) is 0 Å². The third-order valence-corrected chi connectivity index (χ3v) is 22.4. The highest BCUT2D eigenvalue weighted by atomic mass is 79.9. The van der Waals surface area contributed by atoms with Crippen molar-refractivity contribution in [1.29, 1.82) is 0 Å². The maximum absolute atomic E-state index is 12.5. The average molecular weight is 1230 g/mol. The average Bonchev–Trinajstić information content (AvgIpc) is 4.57. The molecule has 3 fully saturated rings. The van der Waals surface area contributed by atoms with Gasteiger partial charge in [0.2, 0.25) is 0 Å². The number of nitrogens with zero attached hydrogens (tertiary/aromatic N) is 3. The van der Waals surface area contributed by atoms with Crippen LogP contribution in [0.2, 0.25) is 0 Å². The highest BCUT2D eigenvalue weighted by Gasteiger charge is 2.26. The van der Waals surface area contributed by atoms with Gasteiger partial charge in [-0.15, -0.1) is 17.0 Å². The first-order valence-electron chi connectivity index (χ1n) is 28.8. The number of aromatic amines is 3. The number of nitrogens with one attached hydrogen (secondary N) is 3. The SMILES string of the molecule is Br.CN1CCC[C@@H]1Cc1c[nH]c2ccc(CCS(=O)(=O)c3ccccc3)cc12.CN1CCC[C@@H]1Cc1c[nH]c2ccc(CCS(=O)(=O)c3ccccc3)cc12.CN1CCC[C@@H]1Cc1c[nH]c2ccc(CCS(=O)(=O)c3ccccc3)cc12. The van der Waals surface area contributed by atoms with Crippen molar-refractivity contribution < 1.29 is 25.3 Å². The summed E-state index contributed by atoms with van der Waals surface area (Å²) in [5.74, 6) is 0.398. The van der Waals surface area contributed by atoms with E-state index in [9.17, 15) is 25.3 Å². The van der Waals surface area contributed by atoms with Gasteiger partial charge in [-0.1, -0.05) is 72.8 Å². The van der Waals surface area contributed by atoms with Gasteiger partial charge in [-0.2, -0.15) is 0 Å². The maximum atomic E-state index is 12.5. The van der Waals surface area contributed by atoms with Gasteiger partial charge in [0.05, 0.1) is 31.9 Å². The molecule has 3 N–H and O–H groups in total. The molecule has 82 heavy (non-hydrogen) atoms. The van der Waals surface area contributed by atoms with Crippen molar-refractivity contribution in [2.45, 2.75) is 110 Å². The second-order valence-electron chi connectivity index (χ2n) is 22.7. The smallest absolute Gasteiger partial charge is 0.178 e. The third kappa shape index (κ3) is 15.1. The minimum Gasteiger partial charge on any atom is -0.361 e. The molecule has 3 saturated heterocycles. The molecule has 3 aromatic heterocycles. The van der Waals surface area contributed by atoms with Gasteiger partial charge in [0.15, 0.2) is 29.5 Å². The lowest BCUT2D eigenvalue weighted by Crippen LogP contribution is -2.26. The number of aromatic nitrogens is 3. The standard InChI is InChI=1S/3C22H26N2O2S.BrH/c3*1-24-12-5-6-19(24)15-18-16-23-22-10-9-17(14-21(18)22)11-13-27(25,26)20-7-3-2-4-8-20;/h3*2-4,7-10,14,16,19,23H,5-6,11-13,15H2,1H3;1H/t3*19-;/m111./s1. The van der Waals surface area contributed by atoms with Crippen molar-refractivity contribution in [2.24, 2.45) is 0 Å². The van der Waals surface area contributed by atoms with Crippen LogP contribution in [-0.4, -0.2) is 131 Å². The fourth-order valence-electron chi connectivity index (χ4n) is 12.1. The minimum absolute atomic E-state index is 0. The molecule has 3 aliphatic heterocycles. The Morgan fingerprint density at radius 3 is 0.902 bits per heavy atom. The number of hydrogen-bond donors (Lipinski definition) is 3. The van der Waals surface area contributed by atoms with E-state index in [0.717, 1.165) is 52.5 Å². The Morgan fingerprint density at radius 2 is 0.659 bits per heavy atom. The van der Waals surface area contributed by atoms with Gasteiger partial charge in [-0.25, -0.2) is 25.3 Å². The molecule has 0 spiro atoms. The summed E-state index contributed by atoms with van der Waals surface area (Å²) in [6.45, 7) is 3.53. The van der Waals surface area contributed by atoms with Crippen LogP contribution in [0.4, 0.5) is 0 Å². The van der Waals surface area contributed by atoms with Crippen molar-refractivity contribution in [1.82, 2.24) is 29.7 Å². The van der Waals surface area contributed by atoms with Crippen molar-refractivity contribution in [2.75, 3.05) is 58.0 Å². The second-order valence-corrected chi connectivity index (χ2v) is 29.0. The van der Waals surface area contributed by atoms with Crippen molar-refractivity contribution in [3.63, 3.8) is 0 Å². The number of fused-ring (bicyclic) bond motifs is 3. The van der Waals surface area contributed by atoms with Gasteiger partial charge in [0.1, 0.15) is 0 Å². The summed E-state index contributed by atoms with van der Waals surface area (Å²) in [4.78, 5) is 18.6. The summed E-state index contributed by atoms with van der Waals surface area (Å²) in [5, 5.41) is 3.68. The van der Waals surface area contributed by atoms with Gasteiger partial charge >= 0.3 is 0 Å². The van der Waals surface area contributed by atoms with Gasteiger partial charge in [0, 0.05) is 69.4 Å². The molecule has 3 aliphatic rings. The zero-order valence-corrected chi connectivity index (χ0v) is 51.6. The van der Waals surface area contributed by atoms with Gasteiger partial charge < -0.3 is 29.7 Å². The van der Waals surface area contributed by atoms with E-state index in [1.54, 1.807) is 72.8 Å². The Bertz CT molecular complexity index is 3490. The Hall–Kier alpha value is -5.85. The predicted molar refractivity (Wildman–Crippen MR) is 340 cm³/mol. The molecule has 0 bridgehead atoms. The lowest BCUT2D eigenvalue weighted by atomic mass is 10.0. The predicted octanol–water partition coefficient (Wildman–Crippen LogP) is 12.0. The number of benzene rings is 6. The van der Waals surface area contributed by atoms with Gasteiger partial charge in [-0.05, 0) is 224 Å². The maximum Gasteiger partial charge on any atom is 0.178 e. The first-order chi connectivity index (χ1) is 39.1. The lowest BCUT2D eigenvalue weighted by Gasteiger charge is -2.18. The molecule has 12 nitrogen and oxygen atoms in total. The van der Waals surface area contributed by atoms with E-state index < -0.39 is 29.5 Å². The number of H-pyrrole nitrogens is 3. The van der Waals surface area contributed by atoms with Crippen LogP contribution in [0.3, 0.4) is 0 Å². The minimum atomic E-state index is -3.25. The fourth-order valence-corrected chi connectivity index (χ4v) is 16.1. The fraction of sp³-hybridized carbons (Fsp3) is 0.364. The second kappa shape index (κ2) is 27.2. The largest absolute Gasteiger partial charge is 0.361 e. The number of rotatable bonds is 18. The van der Waals surface area contributed by atoms with Crippen LogP contribution in [0.5, 0.6) is 0 Å². The topological polar surface area (TPSA) is 160 Å². The summed E-state index contributed by atoms with van der Waals surface area (Å²) in [5.41, 5.74) is 10.6. The van der Waals surface area contributed by atoms with Crippen LogP contribution in [0.1, 0.15) is 71.9 Å². The third-order valence-electron chi connectivity index (χ3n) is 17.2. The van der Waals surface area contributed by atoms with E-state index in [-0.39, 0.29) is 34.2 Å². The van der Waals surface area contributed by atoms with E-state index in [4.69, 9.17) is 0 Å². The Kier molecular flexibility index (Phi) is 20.2. The molecule has 0 unspecified atom stereocenters. The molecule has 16 heteroatoms. The number of sulfone groups is 3. The Morgan fingerprint density at radius 1 is 0.390 bits per heavy atom. The summed E-state index contributed by atoms with van der Waals surface area (Å²) in [6, 6.07) is 46.7. The van der Waals surface area contributed by atoms with Gasteiger partial charge in [0.25, 0.3) is 0 Å². The van der Waals surface area contributed by atoms with Crippen molar-refractivity contribution >= 4 is 79.2 Å². The van der Waals surface area contributed by atoms with Crippen LogP contribution < -0.4 is 0 Å². The number of halogens is 1. The number of likely N-dealkylation sites (N-methyl/N-ethyl adjacent to an activating group) is 3. The highest BCUT2D eigenvalue weighted by Crippen LogP contribution is 2.30. The van der Waals surface area contributed by atoms with E-state index in [2.05, 4.69) is 106 Å². The summed E-state index contributed by atoms with van der Waals surface area (Å²) in [6.07, 6.45) is 18.6. The van der Waals surface area contributed by atoms with Crippen LogP contribution in [0.15, 0.2) is 179 Å². The molecular formula is C66H79BrN6O6S3. The Balaban J connectivity index is 0.000000147. The molecule has 12 rings (SSSR count). The lowest BCUT2D eigenvalue weighted by molar-refractivity contribution is 0.310. The molecule has 9 aromatic rings. The van der Waals surface area contributed by atoms with E-state index >= 15 is 0 Å². The monoisotopic (exact) mass is 1230 g/mol. The number of hydrogen-bond acceptors (Lipinski definition) is 9. The zero-order valence-electron chi connectivity index (χ0n) is 47.5. The molecule has 0 radical (unpaired) electrons. The Labute approximate surface area is 496 Å². The van der Waals surface area contributed by atoms with Crippen LogP contribution >= 0.6 is 17.0 Å². The highest BCUT2D eigenvalue weighted by molar-refractivity contribution is 8.93. The van der Waals surface area contributed by atoms with Crippen LogP contribution in [-0.2, 0) is 68.0 Å². The molecule has 0 saturated carbocycles. The first kappa shape index (κ1) is 60.7. The molecule has 3 atom stereocenters. The summed E-state index contributed by atoms with van der Waals surface area (Å²) in [7, 11) is -3.14. The van der Waals surface area contributed by atoms with Crippen LogP contribution in [0.25, 0.3) is 32.7 Å². The zero-order chi connectivity index (χ0) is 56.6. The molecule has 0 amide bonds. The van der Waals surface area contributed by atoms with Gasteiger partial charge in [-0.3, -0.25) is 0 Å².